The van der Waals surface area contributed by atoms with Crippen LogP contribution in [-0.4, -0.2) is 90.1 Å². The first-order chi connectivity index (χ1) is 22.0. The van der Waals surface area contributed by atoms with E-state index in [1.165, 1.54) is 32.1 Å². The van der Waals surface area contributed by atoms with Gasteiger partial charge >= 0.3 is 6.03 Å². The molecule has 11 heteroatoms. The zero-order chi connectivity index (χ0) is 33.2. The van der Waals surface area contributed by atoms with E-state index in [2.05, 4.69) is 34.7 Å². The molecule has 1 saturated carbocycles. The molecule has 4 rings (SSSR count). The molecule has 2 heterocycles. The normalized spacial score (nSPS) is 22.9. The van der Waals surface area contributed by atoms with Gasteiger partial charge in [-0.05, 0) is 91.0 Å². The summed E-state index contributed by atoms with van der Waals surface area (Å²) in [5, 5.41) is 19.7. The number of hydrogen-bond donors (Lipinski definition) is 3. The average Bonchev–Trinajstić information content (AvgIpc) is 3.34. The van der Waals surface area contributed by atoms with Crippen LogP contribution in [-0.2, 0) is 4.74 Å². The van der Waals surface area contributed by atoms with Crippen LogP contribution in [0.5, 0.6) is 5.75 Å². The summed E-state index contributed by atoms with van der Waals surface area (Å²) in [6.45, 7) is 12.2. The number of aryl methyl sites for hydroxylation is 2. The Morgan fingerprint density at radius 2 is 1.83 bits per heavy atom. The number of amides is 3. The van der Waals surface area contributed by atoms with Gasteiger partial charge in [0.05, 0.1) is 30.4 Å². The van der Waals surface area contributed by atoms with Gasteiger partial charge in [0, 0.05) is 37.8 Å². The number of benzene rings is 1. The van der Waals surface area contributed by atoms with Crippen LogP contribution in [0, 0.1) is 25.7 Å². The third-order valence-electron chi connectivity index (χ3n) is 9.37. The third-order valence-corrected chi connectivity index (χ3v) is 9.37. The average molecular weight is 642 g/mol. The Morgan fingerprint density at radius 3 is 2.52 bits per heavy atom. The van der Waals surface area contributed by atoms with Crippen LogP contribution in [0.25, 0.3) is 0 Å². The SMILES string of the molecule is Cc1noc(C)c1NC(=O)Nc1ccc2c(c1)C(=O)N([C@@H](C)CO)C[C@@H](C)[C@H](CN(C)CC1CCCCC1)OCCCC[C@H](C)O2. The number of carbonyl (C=O) groups is 2. The van der Waals surface area contributed by atoms with Crippen LogP contribution >= 0.6 is 0 Å². The summed E-state index contributed by atoms with van der Waals surface area (Å²) in [7, 11) is 2.18. The second-order valence-electron chi connectivity index (χ2n) is 13.5. The zero-order valence-corrected chi connectivity index (χ0v) is 28.6. The number of likely N-dealkylation sites (N-methyl/N-ethyl adjacent to an activating group) is 1. The summed E-state index contributed by atoms with van der Waals surface area (Å²) in [4.78, 5) is 31.4. The third kappa shape index (κ3) is 9.92. The van der Waals surface area contributed by atoms with Crippen molar-refractivity contribution in [2.75, 3.05) is 50.5 Å². The molecule has 1 aliphatic carbocycles. The number of rotatable bonds is 8. The Morgan fingerprint density at radius 1 is 1.09 bits per heavy atom. The van der Waals surface area contributed by atoms with Crippen LogP contribution < -0.4 is 15.4 Å². The number of carbonyl (C=O) groups excluding carboxylic acids is 2. The lowest BCUT2D eigenvalue weighted by Crippen LogP contribution is -2.47. The molecule has 1 aliphatic heterocycles. The van der Waals surface area contributed by atoms with Crippen molar-refractivity contribution in [2.45, 2.75) is 104 Å². The number of aromatic nitrogens is 1. The summed E-state index contributed by atoms with van der Waals surface area (Å²) in [6, 6.07) is 4.19. The second-order valence-corrected chi connectivity index (χ2v) is 13.5. The maximum atomic E-state index is 14.4. The van der Waals surface area contributed by atoms with Crippen molar-refractivity contribution in [1.82, 2.24) is 15.0 Å². The van der Waals surface area contributed by atoms with Gasteiger partial charge in [-0.2, -0.15) is 0 Å². The van der Waals surface area contributed by atoms with E-state index in [9.17, 15) is 14.7 Å². The minimum absolute atomic E-state index is 0.0140. The highest BCUT2D eigenvalue weighted by molar-refractivity contribution is 6.03. The van der Waals surface area contributed by atoms with E-state index >= 15 is 0 Å². The van der Waals surface area contributed by atoms with Crippen LogP contribution in [0.2, 0.25) is 0 Å². The lowest BCUT2D eigenvalue weighted by molar-refractivity contribution is -0.0190. The Bertz CT molecular complexity index is 1260. The fourth-order valence-corrected chi connectivity index (χ4v) is 6.59. The number of aliphatic hydroxyl groups is 1. The largest absolute Gasteiger partial charge is 0.490 e. The van der Waals surface area contributed by atoms with Gasteiger partial charge in [-0.1, -0.05) is 31.3 Å². The molecule has 0 unspecified atom stereocenters. The zero-order valence-electron chi connectivity index (χ0n) is 28.6. The minimum atomic E-state index is -0.483. The molecule has 0 radical (unpaired) electrons. The molecule has 2 aliphatic rings. The van der Waals surface area contributed by atoms with Crippen molar-refractivity contribution in [1.29, 1.82) is 0 Å². The fourth-order valence-electron chi connectivity index (χ4n) is 6.59. The van der Waals surface area contributed by atoms with E-state index < -0.39 is 12.1 Å². The summed E-state index contributed by atoms with van der Waals surface area (Å²) in [5.41, 5.74) is 1.84. The van der Waals surface area contributed by atoms with E-state index in [1.807, 2.05) is 13.8 Å². The smallest absolute Gasteiger partial charge is 0.323 e. The molecular formula is C35H55N5O6. The first kappa shape index (κ1) is 35.7. The van der Waals surface area contributed by atoms with E-state index in [-0.39, 0.29) is 30.6 Å². The number of nitrogens with one attached hydrogen (secondary N) is 2. The van der Waals surface area contributed by atoms with Gasteiger partial charge in [-0.3, -0.25) is 4.79 Å². The van der Waals surface area contributed by atoms with Gasteiger partial charge in [0.1, 0.15) is 17.1 Å². The van der Waals surface area contributed by atoms with E-state index in [4.69, 9.17) is 14.0 Å². The molecule has 1 aromatic carbocycles. The summed E-state index contributed by atoms with van der Waals surface area (Å²) in [6.07, 6.45) is 9.05. The Kier molecular flexibility index (Phi) is 13.3. The van der Waals surface area contributed by atoms with Crippen molar-refractivity contribution in [2.24, 2.45) is 11.8 Å². The minimum Gasteiger partial charge on any atom is -0.490 e. The van der Waals surface area contributed by atoms with Gasteiger partial charge in [-0.15, -0.1) is 0 Å². The lowest BCUT2D eigenvalue weighted by atomic mass is 9.89. The number of anilines is 2. The molecular weight excluding hydrogens is 586 g/mol. The molecule has 4 atom stereocenters. The van der Waals surface area contributed by atoms with Crippen LogP contribution in [0.4, 0.5) is 16.2 Å². The van der Waals surface area contributed by atoms with Gasteiger partial charge in [-0.25, -0.2) is 4.79 Å². The first-order valence-electron chi connectivity index (χ1n) is 17.1. The topological polar surface area (TPSA) is 129 Å². The van der Waals surface area contributed by atoms with Crippen LogP contribution in [0.1, 0.15) is 93.9 Å². The van der Waals surface area contributed by atoms with Gasteiger partial charge in [0.15, 0.2) is 5.76 Å². The standard InChI is InChI=1S/C35H55N5O6/c1-23-19-40(24(2)22-41)34(42)30-18-29(36-35(43)37-33-26(4)38-46-27(33)5)15-16-31(30)45-25(3)12-10-11-17-44-32(23)21-39(6)20-28-13-8-7-9-14-28/h15-16,18,23-25,28,32,41H,7-14,17,19-22H2,1-6H3,(H2,36,37,43)/t23-,24+,25+,32+/m1/s1. The summed E-state index contributed by atoms with van der Waals surface area (Å²) < 4.78 is 18.0. The Labute approximate surface area is 274 Å². The fraction of sp³-hybridized carbons (Fsp3) is 0.686. The Hall–Kier alpha value is -3.15. The maximum absolute atomic E-state index is 14.4. The monoisotopic (exact) mass is 641 g/mol. The number of ether oxygens (including phenoxy) is 2. The van der Waals surface area contributed by atoms with Gasteiger partial charge in [0.2, 0.25) is 0 Å². The van der Waals surface area contributed by atoms with Crippen molar-refractivity contribution in [3.63, 3.8) is 0 Å². The van der Waals surface area contributed by atoms with Crippen molar-refractivity contribution < 1.29 is 28.7 Å². The highest BCUT2D eigenvalue weighted by atomic mass is 16.5. The quantitative estimate of drug-likeness (QED) is 0.309. The predicted molar refractivity (Wildman–Crippen MR) is 180 cm³/mol. The van der Waals surface area contributed by atoms with Crippen LogP contribution in [0.3, 0.4) is 0 Å². The molecule has 2 aromatic rings. The van der Waals surface area contributed by atoms with Crippen molar-refractivity contribution in [3.05, 3.63) is 35.2 Å². The van der Waals surface area contributed by atoms with E-state index in [0.29, 0.717) is 47.3 Å². The van der Waals surface area contributed by atoms with Gasteiger partial charge in [0.25, 0.3) is 5.91 Å². The lowest BCUT2D eigenvalue weighted by Gasteiger charge is -2.36. The molecule has 0 bridgehead atoms. The van der Waals surface area contributed by atoms with Gasteiger partial charge < -0.3 is 39.5 Å². The molecule has 256 valence electrons. The molecule has 3 amide bonds. The highest BCUT2D eigenvalue weighted by Gasteiger charge is 2.31. The molecule has 1 aromatic heterocycles. The second kappa shape index (κ2) is 17.1. The molecule has 1 fully saturated rings. The van der Waals surface area contributed by atoms with E-state index in [1.54, 1.807) is 36.9 Å². The molecule has 3 N–H and O–H groups in total. The summed E-state index contributed by atoms with van der Waals surface area (Å²) >= 11 is 0. The number of hydrogen-bond acceptors (Lipinski definition) is 8. The van der Waals surface area contributed by atoms with Crippen molar-refractivity contribution in [3.8, 4) is 5.75 Å². The molecule has 46 heavy (non-hydrogen) atoms. The number of urea groups is 1. The number of nitrogens with zero attached hydrogens (tertiary/aromatic N) is 3. The van der Waals surface area contributed by atoms with E-state index in [0.717, 1.165) is 38.3 Å². The predicted octanol–water partition coefficient (Wildman–Crippen LogP) is 6.24. The van der Waals surface area contributed by atoms with Crippen molar-refractivity contribution >= 4 is 23.3 Å². The molecule has 0 saturated heterocycles. The first-order valence-corrected chi connectivity index (χ1v) is 17.1. The maximum Gasteiger partial charge on any atom is 0.323 e. The number of aliphatic hydroxyl groups excluding tert-OH is 1. The molecule has 11 nitrogen and oxygen atoms in total. The summed E-state index contributed by atoms with van der Waals surface area (Å²) in [5.74, 6) is 1.43. The van der Waals surface area contributed by atoms with Crippen LogP contribution in [0.15, 0.2) is 22.7 Å². The Balaban J connectivity index is 1.57. The highest BCUT2D eigenvalue weighted by Crippen LogP contribution is 2.29. The molecule has 0 spiro atoms. The number of fused-ring (bicyclic) bond motifs is 1.